The number of hydrogen-bond donors (Lipinski definition) is 0. The highest BCUT2D eigenvalue weighted by Crippen LogP contribution is 2.13. The molecule has 0 saturated carbocycles. The lowest BCUT2D eigenvalue weighted by molar-refractivity contribution is -0.113. The maximum absolute atomic E-state index is 12.6. The van der Waals surface area contributed by atoms with Crippen molar-refractivity contribution in [1.29, 1.82) is 0 Å². The number of benzene rings is 3. The first kappa shape index (κ1) is 23.4. The van der Waals surface area contributed by atoms with Crippen molar-refractivity contribution in [3.63, 3.8) is 0 Å². The summed E-state index contributed by atoms with van der Waals surface area (Å²) in [6, 6.07) is 24.0. The molecule has 0 aliphatic carbocycles. The van der Waals surface area contributed by atoms with Gasteiger partial charge in [-0.05, 0) is 46.7 Å². The molecule has 32 heavy (non-hydrogen) atoms. The lowest BCUT2D eigenvalue weighted by Crippen LogP contribution is -2.04. The second-order valence-corrected chi connectivity index (χ2v) is 8.33. The summed E-state index contributed by atoms with van der Waals surface area (Å²) in [7, 11) is 0. The van der Waals surface area contributed by atoms with Crippen molar-refractivity contribution >= 4 is 17.6 Å². The van der Waals surface area contributed by atoms with Crippen LogP contribution in [0.5, 0.6) is 0 Å². The molecule has 0 bridgehead atoms. The minimum atomic E-state index is 0.0682. The van der Waals surface area contributed by atoms with E-state index in [0.29, 0.717) is 12.8 Å². The Morgan fingerprint density at radius 2 is 1.09 bits per heavy atom. The normalized spacial score (nSPS) is 11.1. The molecule has 0 fully saturated rings. The summed E-state index contributed by atoms with van der Waals surface area (Å²) in [5.41, 5.74) is 6.29. The maximum atomic E-state index is 12.6. The molecule has 0 unspecified atom stereocenters. The van der Waals surface area contributed by atoms with Crippen LogP contribution in [-0.4, -0.2) is 11.6 Å². The van der Waals surface area contributed by atoms with Gasteiger partial charge in [0.15, 0.2) is 11.6 Å². The average molecular weight is 425 g/mol. The van der Waals surface area contributed by atoms with Gasteiger partial charge in [0.25, 0.3) is 0 Å². The Hall–Kier alpha value is -3.26. The maximum Gasteiger partial charge on any atom is 0.167 e. The second kappa shape index (κ2) is 12.0. The summed E-state index contributed by atoms with van der Waals surface area (Å²) >= 11 is 0. The van der Waals surface area contributed by atoms with Crippen LogP contribution in [0.15, 0.2) is 78.9 Å². The molecule has 0 amide bonds. The molecule has 0 saturated heterocycles. The van der Waals surface area contributed by atoms with E-state index in [1.54, 1.807) is 6.08 Å². The SMILES string of the molecule is CCCc1ccc(C=CC(=O)Cc2ccc(CC(=O)c3ccc(CCC)cc3)cc2)cc1. The molecular formula is C30H32O2. The Bertz CT molecular complexity index is 1040. The van der Waals surface area contributed by atoms with Crippen LogP contribution in [0.1, 0.15) is 64.9 Å². The topological polar surface area (TPSA) is 34.1 Å². The van der Waals surface area contributed by atoms with Crippen LogP contribution in [0.3, 0.4) is 0 Å². The Kier molecular flexibility index (Phi) is 8.74. The molecule has 3 aromatic carbocycles. The molecule has 0 aliphatic rings. The van der Waals surface area contributed by atoms with Gasteiger partial charge in [0.1, 0.15) is 0 Å². The second-order valence-electron chi connectivity index (χ2n) is 8.33. The molecule has 0 aliphatic heterocycles. The van der Waals surface area contributed by atoms with Crippen molar-refractivity contribution < 1.29 is 9.59 Å². The highest BCUT2D eigenvalue weighted by Gasteiger charge is 2.08. The summed E-state index contributed by atoms with van der Waals surface area (Å²) in [5, 5.41) is 0. The molecule has 3 aromatic rings. The van der Waals surface area contributed by atoms with E-state index in [0.717, 1.165) is 47.9 Å². The molecule has 0 spiro atoms. The molecule has 0 heterocycles. The van der Waals surface area contributed by atoms with Crippen molar-refractivity contribution in [3.8, 4) is 0 Å². The summed E-state index contributed by atoms with van der Waals surface area (Å²) in [5.74, 6) is 0.184. The Morgan fingerprint density at radius 1 is 0.625 bits per heavy atom. The number of hydrogen-bond acceptors (Lipinski definition) is 2. The number of allylic oxidation sites excluding steroid dienone is 1. The predicted octanol–water partition coefficient (Wildman–Crippen LogP) is 6.84. The van der Waals surface area contributed by atoms with Crippen molar-refractivity contribution in [1.82, 2.24) is 0 Å². The van der Waals surface area contributed by atoms with E-state index in [2.05, 4.69) is 38.1 Å². The van der Waals surface area contributed by atoms with Crippen molar-refractivity contribution in [2.45, 2.75) is 52.4 Å². The minimum absolute atomic E-state index is 0.0682. The lowest BCUT2D eigenvalue weighted by atomic mass is 9.99. The van der Waals surface area contributed by atoms with Gasteiger partial charge in [-0.2, -0.15) is 0 Å². The largest absolute Gasteiger partial charge is 0.294 e. The van der Waals surface area contributed by atoms with Crippen LogP contribution < -0.4 is 0 Å². The van der Waals surface area contributed by atoms with E-state index in [4.69, 9.17) is 0 Å². The molecule has 0 aromatic heterocycles. The van der Waals surface area contributed by atoms with E-state index < -0.39 is 0 Å². The molecule has 3 rings (SSSR count). The monoisotopic (exact) mass is 424 g/mol. The van der Waals surface area contributed by atoms with Gasteiger partial charge in [-0.15, -0.1) is 0 Å². The summed E-state index contributed by atoms with van der Waals surface area (Å²) < 4.78 is 0. The fourth-order valence-corrected chi connectivity index (χ4v) is 3.74. The van der Waals surface area contributed by atoms with Crippen molar-refractivity contribution in [2.75, 3.05) is 0 Å². The quantitative estimate of drug-likeness (QED) is 0.249. The third-order valence-electron chi connectivity index (χ3n) is 5.56. The van der Waals surface area contributed by atoms with E-state index >= 15 is 0 Å². The minimum Gasteiger partial charge on any atom is -0.294 e. The first-order valence-electron chi connectivity index (χ1n) is 11.6. The van der Waals surface area contributed by atoms with Crippen molar-refractivity contribution in [3.05, 3.63) is 112 Å². The third kappa shape index (κ3) is 7.16. The fourth-order valence-electron chi connectivity index (χ4n) is 3.74. The zero-order chi connectivity index (χ0) is 22.8. The number of aryl methyl sites for hydroxylation is 2. The zero-order valence-corrected chi connectivity index (χ0v) is 19.1. The van der Waals surface area contributed by atoms with Crippen molar-refractivity contribution in [2.24, 2.45) is 0 Å². The van der Waals surface area contributed by atoms with Gasteiger partial charge in [0, 0.05) is 18.4 Å². The summed E-state index contributed by atoms with van der Waals surface area (Å²) in [6.07, 6.45) is 8.60. The summed E-state index contributed by atoms with van der Waals surface area (Å²) in [6.45, 7) is 4.32. The fraction of sp³-hybridized carbons (Fsp3) is 0.267. The highest BCUT2D eigenvalue weighted by atomic mass is 16.1. The molecule has 2 heteroatoms. The van der Waals surface area contributed by atoms with E-state index in [9.17, 15) is 9.59 Å². The first-order chi connectivity index (χ1) is 15.6. The molecule has 0 N–H and O–H groups in total. The van der Waals surface area contributed by atoms with Crippen LogP contribution in [0.4, 0.5) is 0 Å². The number of ketones is 2. The van der Waals surface area contributed by atoms with E-state index in [1.165, 1.54) is 11.1 Å². The number of rotatable bonds is 11. The van der Waals surface area contributed by atoms with Crippen LogP contribution in [0.2, 0.25) is 0 Å². The average Bonchev–Trinajstić information content (AvgIpc) is 2.81. The smallest absolute Gasteiger partial charge is 0.167 e. The van der Waals surface area contributed by atoms with Crippen LogP contribution in [0, 0.1) is 0 Å². The summed E-state index contributed by atoms with van der Waals surface area (Å²) in [4.78, 5) is 24.9. The van der Waals surface area contributed by atoms with Gasteiger partial charge in [-0.1, -0.05) is 106 Å². The number of Topliss-reactive ketones (excluding diaryl/α,β-unsaturated/α-hetero) is 1. The van der Waals surface area contributed by atoms with Gasteiger partial charge < -0.3 is 0 Å². The molecule has 164 valence electrons. The Balaban J connectivity index is 1.52. The molecular weight excluding hydrogens is 392 g/mol. The van der Waals surface area contributed by atoms with E-state index in [-0.39, 0.29) is 11.6 Å². The van der Waals surface area contributed by atoms with Gasteiger partial charge in [-0.3, -0.25) is 9.59 Å². The van der Waals surface area contributed by atoms with Gasteiger partial charge in [0.2, 0.25) is 0 Å². The zero-order valence-electron chi connectivity index (χ0n) is 19.1. The highest BCUT2D eigenvalue weighted by molar-refractivity contribution is 5.97. The van der Waals surface area contributed by atoms with E-state index in [1.807, 2.05) is 54.6 Å². The van der Waals surface area contributed by atoms with Crippen LogP contribution in [0.25, 0.3) is 6.08 Å². The molecule has 0 radical (unpaired) electrons. The number of carbonyl (C=O) groups excluding carboxylic acids is 2. The first-order valence-corrected chi connectivity index (χ1v) is 11.6. The Labute approximate surface area is 192 Å². The lowest BCUT2D eigenvalue weighted by Gasteiger charge is -2.05. The standard InChI is InChI=1S/C30H32O2/c1-3-5-23-7-9-25(10-8-23)17-20-29(31)21-26-11-13-27(14-12-26)22-30(32)28-18-15-24(6-4-2)16-19-28/h7-20H,3-6,21-22H2,1-2H3. The molecule has 2 nitrogen and oxygen atoms in total. The van der Waals surface area contributed by atoms with Crippen LogP contribution >= 0.6 is 0 Å². The Morgan fingerprint density at radius 3 is 1.62 bits per heavy atom. The third-order valence-corrected chi connectivity index (χ3v) is 5.56. The molecule has 0 atom stereocenters. The van der Waals surface area contributed by atoms with Gasteiger partial charge in [-0.25, -0.2) is 0 Å². The van der Waals surface area contributed by atoms with Gasteiger partial charge >= 0.3 is 0 Å². The predicted molar refractivity (Wildman–Crippen MR) is 133 cm³/mol. The number of carbonyl (C=O) groups is 2. The van der Waals surface area contributed by atoms with Gasteiger partial charge in [0.05, 0.1) is 0 Å². The van der Waals surface area contributed by atoms with Crippen LogP contribution in [-0.2, 0) is 30.5 Å².